The zero-order valence-corrected chi connectivity index (χ0v) is 10.9. The Balaban J connectivity index is 2.14. The van der Waals surface area contributed by atoms with E-state index < -0.39 is 0 Å². The predicted molar refractivity (Wildman–Crippen MR) is 72.8 cm³/mol. The third-order valence-electron chi connectivity index (χ3n) is 3.12. The van der Waals surface area contributed by atoms with Crippen LogP contribution in [0.15, 0.2) is 35.1 Å². The molecular formula is C15H18N2O. The van der Waals surface area contributed by atoms with Crippen LogP contribution in [0, 0.1) is 6.92 Å². The average Bonchev–Trinajstić information content (AvgIpc) is 2.37. The second kappa shape index (κ2) is 5.63. The summed E-state index contributed by atoms with van der Waals surface area (Å²) in [6.45, 7) is 3.88. The van der Waals surface area contributed by atoms with E-state index in [2.05, 4.69) is 22.1 Å². The van der Waals surface area contributed by atoms with Crippen LogP contribution in [0.4, 0.5) is 0 Å². The van der Waals surface area contributed by atoms with Crippen LogP contribution in [0.25, 0.3) is 0 Å². The molecule has 0 atom stereocenters. The molecule has 18 heavy (non-hydrogen) atoms. The molecule has 0 spiro atoms. The summed E-state index contributed by atoms with van der Waals surface area (Å²) in [5.41, 5.74) is 2.91. The van der Waals surface area contributed by atoms with Crippen molar-refractivity contribution in [2.24, 2.45) is 0 Å². The number of hydrogen-bond donors (Lipinski definition) is 1. The number of benzene rings is 1. The first-order valence-electron chi connectivity index (χ1n) is 6.33. The molecule has 2 aromatic rings. The van der Waals surface area contributed by atoms with Crippen molar-refractivity contribution >= 4 is 0 Å². The molecule has 1 heterocycles. The van der Waals surface area contributed by atoms with Crippen LogP contribution in [-0.2, 0) is 19.3 Å². The van der Waals surface area contributed by atoms with Gasteiger partial charge in [-0.15, -0.1) is 0 Å². The largest absolute Gasteiger partial charge is 0.310 e. The SMILES string of the molecule is CCc1c(C)nc(CCc2ccccc2)[nH]c1=O. The lowest BCUT2D eigenvalue weighted by Gasteiger charge is -2.05. The standard InChI is InChI=1S/C15H18N2O/c1-3-13-11(2)16-14(17-15(13)18)10-9-12-7-5-4-6-8-12/h4-8H,3,9-10H2,1-2H3,(H,16,17,18). The highest BCUT2D eigenvalue weighted by molar-refractivity contribution is 5.18. The highest BCUT2D eigenvalue weighted by atomic mass is 16.1. The van der Waals surface area contributed by atoms with Crippen molar-refractivity contribution in [3.63, 3.8) is 0 Å². The molecule has 0 amide bonds. The van der Waals surface area contributed by atoms with Crippen molar-refractivity contribution < 1.29 is 0 Å². The van der Waals surface area contributed by atoms with Crippen LogP contribution in [-0.4, -0.2) is 9.97 Å². The van der Waals surface area contributed by atoms with E-state index >= 15 is 0 Å². The molecule has 0 saturated heterocycles. The molecule has 1 aromatic carbocycles. The highest BCUT2D eigenvalue weighted by Gasteiger charge is 2.06. The summed E-state index contributed by atoms with van der Waals surface area (Å²) in [5.74, 6) is 0.776. The molecule has 3 heteroatoms. The van der Waals surface area contributed by atoms with Crippen LogP contribution < -0.4 is 5.56 Å². The van der Waals surface area contributed by atoms with Gasteiger partial charge in [0.2, 0.25) is 0 Å². The Morgan fingerprint density at radius 2 is 1.89 bits per heavy atom. The zero-order chi connectivity index (χ0) is 13.0. The fourth-order valence-corrected chi connectivity index (χ4v) is 2.11. The Hall–Kier alpha value is -1.90. The third-order valence-corrected chi connectivity index (χ3v) is 3.12. The fourth-order valence-electron chi connectivity index (χ4n) is 2.11. The Bertz CT molecular complexity index is 573. The molecule has 3 nitrogen and oxygen atoms in total. The summed E-state index contributed by atoms with van der Waals surface area (Å²) < 4.78 is 0. The van der Waals surface area contributed by atoms with Gasteiger partial charge in [0.15, 0.2) is 0 Å². The van der Waals surface area contributed by atoms with Crippen LogP contribution in [0.3, 0.4) is 0 Å². The second-order valence-corrected chi connectivity index (χ2v) is 4.42. The Labute approximate surface area is 107 Å². The molecule has 94 valence electrons. The second-order valence-electron chi connectivity index (χ2n) is 4.42. The lowest BCUT2D eigenvalue weighted by Crippen LogP contribution is -2.18. The number of H-pyrrole nitrogens is 1. The van der Waals surface area contributed by atoms with Crippen molar-refractivity contribution in [1.29, 1.82) is 0 Å². The summed E-state index contributed by atoms with van der Waals surface area (Å²) in [5, 5.41) is 0. The maximum Gasteiger partial charge on any atom is 0.254 e. The number of rotatable bonds is 4. The first kappa shape index (κ1) is 12.6. The van der Waals surface area contributed by atoms with E-state index in [0.29, 0.717) is 0 Å². The van der Waals surface area contributed by atoms with Crippen molar-refractivity contribution in [2.75, 3.05) is 0 Å². The average molecular weight is 242 g/mol. The summed E-state index contributed by atoms with van der Waals surface area (Å²) >= 11 is 0. The van der Waals surface area contributed by atoms with Crippen molar-refractivity contribution in [3.8, 4) is 0 Å². The van der Waals surface area contributed by atoms with Gasteiger partial charge < -0.3 is 4.98 Å². The van der Waals surface area contributed by atoms with Crippen molar-refractivity contribution in [1.82, 2.24) is 9.97 Å². The monoisotopic (exact) mass is 242 g/mol. The Morgan fingerprint density at radius 3 is 2.50 bits per heavy atom. The first-order chi connectivity index (χ1) is 8.70. The normalized spacial score (nSPS) is 10.6. The van der Waals surface area contributed by atoms with Crippen LogP contribution in [0.1, 0.15) is 29.6 Å². The molecule has 0 bridgehead atoms. The number of nitrogens with zero attached hydrogens (tertiary/aromatic N) is 1. The van der Waals surface area contributed by atoms with E-state index in [1.165, 1.54) is 5.56 Å². The van der Waals surface area contributed by atoms with Gasteiger partial charge in [0, 0.05) is 17.7 Å². The van der Waals surface area contributed by atoms with E-state index in [1.54, 1.807) is 0 Å². The maximum atomic E-state index is 11.8. The van der Waals surface area contributed by atoms with Gasteiger partial charge in [-0.2, -0.15) is 0 Å². The minimum atomic E-state index is 0.00746. The van der Waals surface area contributed by atoms with E-state index in [-0.39, 0.29) is 5.56 Å². The summed E-state index contributed by atoms with van der Waals surface area (Å²) in [6.07, 6.45) is 2.39. The van der Waals surface area contributed by atoms with Crippen LogP contribution in [0.5, 0.6) is 0 Å². The predicted octanol–water partition coefficient (Wildman–Crippen LogP) is 2.43. The van der Waals surface area contributed by atoms with Crippen molar-refractivity contribution in [3.05, 3.63) is 63.3 Å². The van der Waals surface area contributed by atoms with E-state index in [4.69, 9.17) is 0 Å². The molecule has 2 rings (SSSR count). The molecule has 1 N–H and O–H groups in total. The van der Waals surface area contributed by atoms with E-state index in [0.717, 1.165) is 36.3 Å². The summed E-state index contributed by atoms with van der Waals surface area (Å²) in [6, 6.07) is 10.2. The number of hydrogen-bond acceptors (Lipinski definition) is 2. The zero-order valence-electron chi connectivity index (χ0n) is 10.9. The molecule has 0 aliphatic rings. The van der Waals surface area contributed by atoms with Gasteiger partial charge in [-0.1, -0.05) is 37.3 Å². The van der Waals surface area contributed by atoms with Gasteiger partial charge in [-0.25, -0.2) is 4.98 Å². The van der Waals surface area contributed by atoms with E-state index in [9.17, 15) is 4.79 Å². The maximum absolute atomic E-state index is 11.8. The van der Waals surface area contributed by atoms with Gasteiger partial charge >= 0.3 is 0 Å². The number of nitrogens with one attached hydrogen (secondary N) is 1. The quantitative estimate of drug-likeness (QED) is 0.895. The first-order valence-corrected chi connectivity index (χ1v) is 6.33. The summed E-state index contributed by atoms with van der Waals surface area (Å²) in [4.78, 5) is 19.1. The molecule has 0 aliphatic heterocycles. The topological polar surface area (TPSA) is 45.8 Å². The minimum Gasteiger partial charge on any atom is -0.310 e. The van der Waals surface area contributed by atoms with Gasteiger partial charge in [0.25, 0.3) is 5.56 Å². The lowest BCUT2D eigenvalue weighted by molar-refractivity contribution is 0.816. The lowest BCUT2D eigenvalue weighted by atomic mass is 10.1. The number of aromatic nitrogens is 2. The van der Waals surface area contributed by atoms with Crippen molar-refractivity contribution in [2.45, 2.75) is 33.1 Å². The Kier molecular flexibility index (Phi) is 3.92. The molecule has 1 aromatic heterocycles. The molecule has 0 radical (unpaired) electrons. The van der Waals surface area contributed by atoms with E-state index in [1.807, 2.05) is 32.0 Å². The molecule has 0 aliphatic carbocycles. The summed E-state index contributed by atoms with van der Waals surface area (Å²) in [7, 11) is 0. The Morgan fingerprint density at radius 1 is 1.17 bits per heavy atom. The molecule has 0 unspecified atom stereocenters. The number of aryl methyl sites for hydroxylation is 3. The molecule has 0 saturated carbocycles. The smallest absolute Gasteiger partial charge is 0.254 e. The van der Waals surface area contributed by atoms with Crippen LogP contribution in [0.2, 0.25) is 0 Å². The minimum absolute atomic E-state index is 0.00746. The van der Waals surface area contributed by atoms with Crippen LogP contribution >= 0.6 is 0 Å². The number of aromatic amines is 1. The van der Waals surface area contributed by atoms with Gasteiger partial charge in [0.1, 0.15) is 5.82 Å². The molecular weight excluding hydrogens is 224 g/mol. The van der Waals surface area contributed by atoms with Gasteiger partial charge in [-0.05, 0) is 25.3 Å². The van der Waals surface area contributed by atoms with Gasteiger partial charge in [-0.3, -0.25) is 4.79 Å². The van der Waals surface area contributed by atoms with Gasteiger partial charge in [0.05, 0.1) is 0 Å². The third kappa shape index (κ3) is 2.86. The molecule has 0 fully saturated rings. The fraction of sp³-hybridized carbons (Fsp3) is 0.333. The highest BCUT2D eigenvalue weighted by Crippen LogP contribution is 2.05.